The van der Waals surface area contributed by atoms with Gasteiger partial charge in [-0.25, -0.2) is 99.7 Å². The first-order valence-electron chi connectivity index (χ1n) is 47.3. The molecule has 0 saturated heterocycles. The molecule has 18 rings (SSSR count). The molecule has 0 unspecified atom stereocenters. The number of hydrogen-bond donors (Lipinski definition) is 0. The highest BCUT2D eigenvalue weighted by Gasteiger charge is 2.24. The molecule has 0 N–H and O–H groups in total. The molecule has 140 heavy (non-hydrogen) atoms. The molecule has 38 heteroatoms. The van der Waals surface area contributed by atoms with Crippen LogP contribution in [0.2, 0.25) is 0 Å². The minimum Gasteiger partial charge on any atom is -0.376 e. The summed E-state index contributed by atoms with van der Waals surface area (Å²) < 4.78 is 90.1. The Labute approximate surface area is 838 Å². The fraction of sp³-hybridized carbons (Fsp3) is 0.412. The van der Waals surface area contributed by atoms with E-state index in [-0.39, 0.29) is 67.9 Å². The van der Waals surface area contributed by atoms with Crippen molar-refractivity contribution in [1.82, 2.24) is 124 Å². The van der Waals surface area contributed by atoms with Crippen LogP contribution in [0, 0.1) is 41.8 Å². The number of rotatable bonds is 12. The molecule has 18 radical (unpaired) electrons. The summed E-state index contributed by atoms with van der Waals surface area (Å²) in [5, 5.41) is 13.5. The third-order valence-corrected chi connectivity index (χ3v) is 17.5. The normalized spacial score (nSPS) is 10.1. The van der Waals surface area contributed by atoms with E-state index in [9.17, 15) is 26.3 Å². The highest BCUT2D eigenvalue weighted by Crippen LogP contribution is 2.30. The van der Waals surface area contributed by atoms with E-state index < -0.39 is 17.5 Å². The Morgan fingerprint density at radius 3 is 1.19 bits per heavy atom. The summed E-state index contributed by atoms with van der Waals surface area (Å²) in [5.74, 6) is 3.35. The maximum absolute atomic E-state index is 13.4. The van der Waals surface area contributed by atoms with Gasteiger partial charge < -0.3 is 4.74 Å². The second-order valence-electron chi connectivity index (χ2n) is 25.3. The SMILES string of the molecule is CC.CC.CC.CC.CC.CC.CC.CC.CC.CC.CC.CCc1cc(-c2cncc(F)c2)n2nccc2n1.CCc1nc(-c2cncc(F)c2)nc2c3c(nn12)CCCC3.CCc1nc(-c2cncc(F)c2)nc2c3c(nn12)CCOC3.CCc1nc(-c2cncc(F)c2)nc2cccnc12.CCc1nc(C)nc(-c2cncc(F)c2)n1.CCc1nccc(-c2cncc(F)c2)n1.[B].[B].[B].[B].[B].[B]. The van der Waals surface area contributed by atoms with Crippen LogP contribution in [0.25, 0.3) is 96.0 Å². The topological polar surface area (TPSA) is 306 Å². The van der Waals surface area contributed by atoms with Crippen LogP contribution < -0.4 is 0 Å². The van der Waals surface area contributed by atoms with E-state index in [1.165, 1.54) is 73.2 Å². The van der Waals surface area contributed by atoms with Gasteiger partial charge in [-0.3, -0.25) is 34.9 Å². The van der Waals surface area contributed by atoms with Crippen LogP contribution in [0.15, 0.2) is 160 Å². The van der Waals surface area contributed by atoms with Gasteiger partial charge in [0.15, 0.2) is 40.2 Å². The van der Waals surface area contributed by atoms with Crippen molar-refractivity contribution >= 4 is 78.5 Å². The van der Waals surface area contributed by atoms with Gasteiger partial charge in [0.25, 0.3) is 0 Å². The Bertz CT molecular complexity index is 5900. The van der Waals surface area contributed by atoms with E-state index in [4.69, 9.17) is 4.74 Å². The number of halogens is 6. The third-order valence-electron chi connectivity index (χ3n) is 17.5. The Balaban J connectivity index is -0.000000498. The van der Waals surface area contributed by atoms with Crippen LogP contribution in [-0.4, -0.2) is 181 Å². The van der Waals surface area contributed by atoms with Crippen molar-refractivity contribution in [2.75, 3.05) is 6.61 Å². The molecule has 0 aromatic carbocycles. The second kappa shape index (κ2) is 77.0. The summed E-state index contributed by atoms with van der Waals surface area (Å²) in [6.07, 6.45) is 31.2. The molecule has 738 valence electrons. The quantitative estimate of drug-likeness (QED) is 0.0810. The van der Waals surface area contributed by atoms with Gasteiger partial charge in [0, 0.05) is 188 Å². The molecule has 16 aromatic rings. The van der Waals surface area contributed by atoms with E-state index in [0.717, 1.165) is 156 Å². The summed E-state index contributed by atoms with van der Waals surface area (Å²) in [4.78, 5) is 79.8. The molecule has 0 atom stereocenters. The zero-order valence-electron chi connectivity index (χ0n) is 87.5. The molecule has 0 saturated carbocycles. The van der Waals surface area contributed by atoms with Gasteiger partial charge in [-0.2, -0.15) is 15.3 Å². The minimum atomic E-state index is -0.405. The zero-order valence-corrected chi connectivity index (χ0v) is 87.5. The summed E-state index contributed by atoms with van der Waals surface area (Å²) in [7, 11) is 0. The molecule has 17 heterocycles. The highest BCUT2D eigenvalue weighted by molar-refractivity contribution is 5.79. The van der Waals surface area contributed by atoms with E-state index in [1.54, 1.807) is 71.6 Å². The molecule has 1 aliphatic carbocycles. The second-order valence-corrected chi connectivity index (χ2v) is 25.3. The van der Waals surface area contributed by atoms with Crippen molar-refractivity contribution in [2.45, 2.75) is 278 Å². The van der Waals surface area contributed by atoms with Gasteiger partial charge >= 0.3 is 0 Å². The predicted molar refractivity (Wildman–Crippen MR) is 563 cm³/mol. The predicted octanol–water partition coefficient (Wildman–Crippen LogP) is 23.2. The molecule has 0 fully saturated rings. The molecular formula is C102H139B6F6N25O. The average Bonchev–Trinajstić information content (AvgIpc) is 1.61. The molecule has 0 spiro atoms. The lowest BCUT2D eigenvalue weighted by atomic mass is 9.98. The lowest BCUT2D eigenvalue weighted by molar-refractivity contribution is 0.111. The number of nitrogens with zero attached hydrogens (tertiary/aromatic N) is 25. The molecule has 0 bridgehead atoms. The summed E-state index contributed by atoms with van der Waals surface area (Å²) in [5.41, 5.74) is 15.2. The maximum atomic E-state index is 13.4. The lowest BCUT2D eigenvalue weighted by Crippen LogP contribution is -2.08. The highest BCUT2D eigenvalue weighted by atomic mass is 19.1. The Kier molecular flexibility index (Phi) is 74.6. The smallest absolute Gasteiger partial charge is 0.165 e. The third kappa shape index (κ3) is 39.8. The maximum Gasteiger partial charge on any atom is 0.165 e. The fourth-order valence-electron chi connectivity index (χ4n) is 12.2. The standard InChI is InChI=1S/C16H16FN5.C15H14FN5O.C14H11FN4.C13H11FN4.C11H11FN4.C11H10FN3.11C2H6.6B/c1-2-14-19-15(10-7-11(17)9-18-8-10)20-16-12-5-3-4-6-13(12)21-22(14)16;1-2-13-18-14(9-5-10(16)7-17-6-9)19-15-11-8-22-4-3-12(11)20-21(13)15;1-2-11-13-12(4-3-5-17-13)19-14(18-11)9-6-10(15)8-16-7-9;1-2-11-6-12(9-5-10(14)8-15-7-9)18-13(17-11)3-4-16-18;1-3-10-14-7(2)15-11(16-10)8-4-9(12)6-13-5-8;1-2-11-14-4-3-10(15-11)8-5-9(12)7-13-6-8;11*1-2;;;;;;/h7-9H,2-6H2,1H3;5-7H,2-4,8H2,1H3;3-8H,2H2,1H3;3-8H,2H2,1H3;4-6H,3H2,1-2H3;3-7H,2H2,1H3;11*1-2H3;;;;;;. The molecule has 16 aromatic heterocycles. The lowest BCUT2D eigenvalue weighted by Gasteiger charge is -2.10. The molecule has 2 aliphatic rings. The first-order valence-corrected chi connectivity index (χ1v) is 47.3. The first kappa shape index (κ1) is 136. The van der Waals surface area contributed by atoms with Crippen LogP contribution in [0.4, 0.5) is 26.3 Å². The number of pyridine rings is 7. The summed E-state index contributed by atoms with van der Waals surface area (Å²) in [6, 6.07) is 17.6. The Morgan fingerprint density at radius 2 is 0.750 bits per heavy atom. The van der Waals surface area contributed by atoms with Crippen LogP contribution in [0.5, 0.6) is 0 Å². The van der Waals surface area contributed by atoms with Gasteiger partial charge in [-0.15, -0.1) is 0 Å². The van der Waals surface area contributed by atoms with Crippen LogP contribution in [0.1, 0.15) is 270 Å². The van der Waals surface area contributed by atoms with Gasteiger partial charge in [0.1, 0.15) is 69.5 Å². The number of ether oxygens (including phenoxy) is 1. The van der Waals surface area contributed by atoms with E-state index in [1.807, 2.05) is 223 Å². The van der Waals surface area contributed by atoms with Crippen molar-refractivity contribution in [1.29, 1.82) is 0 Å². The van der Waals surface area contributed by atoms with E-state index in [2.05, 4.69) is 110 Å². The first-order chi connectivity index (χ1) is 65.5. The summed E-state index contributed by atoms with van der Waals surface area (Å²) >= 11 is 0. The van der Waals surface area contributed by atoms with Crippen LogP contribution in [-0.2, 0) is 69.1 Å². The fourth-order valence-corrected chi connectivity index (χ4v) is 12.2. The van der Waals surface area contributed by atoms with Gasteiger partial charge in [0.2, 0.25) is 0 Å². The molecule has 0 amide bonds. The van der Waals surface area contributed by atoms with Gasteiger partial charge in [-0.1, -0.05) is 194 Å². The number of fused-ring (bicyclic) bond motifs is 8. The van der Waals surface area contributed by atoms with Crippen molar-refractivity contribution in [3.63, 3.8) is 0 Å². The average molecular weight is 1910 g/mol. The van der Waals surface area contributed by atoms with Gasteiger partial charge in [-0.05, 0) is 106 Å². The van der Waals surface area contributed by atoms with Crippen molar-refractivity contribution in [3.8, 4) is 68.1 Å². The Morgan fingerprint density at radius 1 is 0.336 bits per heavy atom. The van der Waals surface area contributed by atoms with Crippen LogP contribution >= 0.6 is 0 Å². The summed E-state index contributed by atoms with van der Waals surface area (Å²) in [6.45, 7) is 59.0. The minimum absolute atomic E-state index is 0. The number of aromatic nitrogens is 25. The zero-order chi connectivity index (χ0) is 100. The monoisotopic (exact) mass is 1910 g/mol. The van der Waals surface area contributed by atoms with Crippen molar-refractivity contribution < 1.29 is 31.1 Å². The van der Waals surface area contributed by atoms with E-state index >= 15 is 0 Å². The number of aryl methyl sites for hydroxylation is 9. The molecule has 1 aliphatic heterocycles. The largest absolute Gasteiger partial charge is 0.376 e. The van der Waals surface area contributed by atoms with Gasteiger partial charge in [0.05, 0.1) is 90.6 Å². The van der Waals surface area contributed by atoms with E-state index in [0.29, 0.717) is 93.7 Å². The molecular weight excluding hydrogens is 1770 g/mol. The van der Waals surface area contributed by atoms with Crippen molar-refractivity contribution in [2.24, 2.45) is 0 Å². The Hall–Kier alpha value is -12.9. The van der Waals surface area contributed by atoms with Crippen molar-refractivity contribution in [3.05, 3.63) is 258 Å². The molecule has 26 nitrogen and oxygen atoms in total. The van der Waals surface area contributed by atoms with Crippen LogP contribution in [0.3, 0.4) is 0 Å². The number of hydrogen-bond acceptors (Lipinski definition) is 23.